The number of nitrogens with zero attached hydrogens (tertiary/aromatic N) is 1. The maximum Gasteiger partial charge on any atom is 0.309 e. The number of nitrogens with one attached hydrogen (secondary N) is 1. The molecule has 1 amide bonds. The maximum atomic E-state index is 12.6. The second-order valence-electron chi connectivity index (χ2n) is 6.42. The van der Waals surface area contributed by atoms with Gasteiger partial charge in [-0.3, -0.25) is 9.59 Å². The van der Waals surface area contributed by atoms with E-state index in [2.05, 4.69) is 4.74 Å². The summed E-state index contributed by atoms with van der Waals surface area (Å²) in [5.74, 6) is -2.72. The van der Waals surface area contributed by atoms with Crippen LogP contribution >= 0.6 is 0 Å². The fourth-order valence-electron chi connectivity index (χ4n) is 2.23. The molecule has 0 saturated carbocycles. The minimum Gasteiger partial charge on any atom is -0.479 e. The first-order valence-electron chi connectivity index (χ1n) is 8.34. The van der Waals surface area contributed by atoms with Crippen molar-refractivity contribution in [2.45, 2.75) is 39.0 Å². The zero-order chi connectivity index (χ0) is 20.8. The van der Waals surface area contributed by atoms with Crippen LogP contribution in [0, 0.1) is 23.2 Å². The van der Waals surface area contributed by atoms with Gasteiger partial charge >= 0.3 is 5.97 Å². The Bertz CT molecular complexity index is 828. The molecule has 1 aromatic carbocycles. The van der Waals surface area contributed by atoms with Crippen LogP contribution in [0.5, 0.6) is 5.75 Å². The second kappa shape index (κ2) is 9.37. The molecule has 9 heteroatoms. The van der Waals surface area contributed by atoms with Crippen LogP contribution in [0.2, 0.25) is 0 Å². The summed E-state index contributed by atoms with van der Waals surface area (Å²) in [5, 5.41) is 7.95. The van der Waals surface area contributed by atoms with E-state index < -0.39 is 39.2 Å². The van der Waals surface area contributed by atoms with E-state index in [0.29, 0.717) is 0 Å². The molecule has 0 aliphatic rings. The molecule has 1 rings (SSSR count). The molecule has 0 unspecified atom stereocenters. The fourth-order valence-corrected chi connectivity index (χ4v) is 3.46. The average molecular weight is 396 g/mol. The molecule has 0 spiro atoms. The summed E-state index contributed by atoms with van der Waals surface area (Å²) in [4.78, 5) is 24.1. The van der Waals surface area contributed by atoms with Gasteiger partial charge < -0.3 is 9.47 Å². The van der Waals surface area contributed by atoms with E-state index in [1.807, 2.05) is 10.8 Å². The Balaban J connectivity index is 3.02. The first kappa shape index (κ1) is 22.4. The largest absolute Gasteiger partial charge is 0.479 e. The summed E-state index contributed by atoms with van der Waals surface area (Å²) < 4.78 is 37.1. The van der Waals surface area contributed by atoms with Gasteiger partial charge in [0, 0.05) is 0 Å². The Hall–Kier alpha value is -2.60. The Morgan fingerprint density at radius 2 is 1.74 bits per heavy atom. The van der Waals surface area contributed by atoms with Crippen LogP contribution in [0.1, 0.15) is 33.3 Å². The van der Waals surface area contributed by atoms with Crippen molar-refractivity contribution in [1.82, 2.24) is 4.72 Å². The quantitative estimate of drug-likeness (QED) is 0.662. The van der Waals surface area contributed by atoms with Crippen molar-refractivity contribution in [3.05, 3.63) is 29.8 Å². The van der Waals surface area contributed by atoms with Crippen molar-refractivity contribution in [2.75, 3.05) is 7.11 Å². The summed E-state index contributed by atoms with van der Waals surface area (Å²) in [7, 11) is -2.99. The first-order chi connectivity index (χ1) is 12.5. The van der Waals surface area contributed by atoms with Crippen LogP contribution < -0.4 is 9.46 Å². The van der Waals surface area contributed by atoms with Crippen LogP contribution in [0.3, 0.4) is 0 Å². The molecule has 0 aliphatic heterocycles. The highest BCUT2D eigenvalue weighted by Gasteiger charge is 2.36. The highest BCUT2D eigenvalue weighted by atomic mass is 32.2. The van der Waals surface area contributed by atoms with E-state index in [1.165, 1.54) is 26.0 Å². The predicted octanol–water partition coefficient (Wildman–Crippen LogP) is 1.61. The lowest BCUT2D eigenvalue weighted by atomic mass is 10.1. The number of carbonyl (C=O) groups excluding carboxylic acids is 2. The molecular weight excluding hydrogens is 372 g/mol. The topological polar surface area (TPSA) is 123 Å². The van der Waals surface area contributed by atoms with Gasteiger partial charge in [0.05, 0.1) is 23.8 Å². The molecule has 0 bridgehead atoms. The van der Waals surface area contributed by atoms with E-state index in [1.54, 1.807) is 26.0 Å². The zero-order valence-corrected chi connectivity index (χ0v) is 16.7. The number of esters is 1. The van der Waals surface area contributed by atoms with Crippen molar-refractivity contribution < 1.29 is 27.5 Å². The van der Waals surface area contributed by atoms with Gasteiger partial charge in [-0.2, -0.15) is 5.26 Å². The third-order valence-corrected chi connectivity index (χ3v) is 6.01. The van der Waals surface area contributed by atoms with Gasteiger partial charge in [-0.15, -0.1) is 0 Å². The molecule has 27 heavy (non-hydrogen) atoms. The highest BCUT2D eigenvalue weighted by Crippen LogP contribution is 2.21. The van der Waals surface area contributed by atoms with E-state index >= 15 is 0 Å². The normalized spacial score (nSPS) is 14.6. The van der Waals surface area contributed by atoms with E-state index in [0.717, 1.165) is 7.11 Å². The summed E-state index contributed by atoms with van der Waals surface area (Å²) in [6.45, 7) is 6.09. The average Bonchev–Trinajstić information content (AvgIpc) is 2.63. The number of methoxy groups -OCH3 is 1. The summed E-state index contributed by atoms with van der Waals surface area (Å²) in [6.07, 6.45) is -1.14. The lowest BCUT2D eigenvalue weighted by Crippen LogP contribution is -2.48. The van der Waals surface area contributed by atoms with Gasteiger partial charge in [-0.25, -0.2) is 13.1 Å². The Morgan fingerprint density at radius 3 is 2.26 bits per heavy atom. The van der Waals surface area contributed by atoms with Crippen molar-refractivity contribution in [1.29, 1.82) is 5.26 Å². The fraction of sp³-hybridized carbons (Fsp3) is 0.500. The number of para-hydroxylation sites is 1. The van der Waals surface area contributed by atoms with Crippen molar-refractivity contribution in [3.63, 3.8) is 0 Å². The van der Waals surface area contributed by atoms with Crippen molar-refractivity contribution in [3.8, 4) is 11.8 Å². The monoisotopic (exact) mass is 396 g/mol. The Morgan fingerprint density at radius 1 is 1.15 bits per heavy atom. The van der Waals surface area contributed by atoms with E-state index in [-0.39, 0.29) is 17.2 Å². The molecule has 0 aromatic heterocycles. The molecule has 0 aliphatic carbocycles. The minimum absolute atomic E-state index is 0.183. The van der Waals surface area contributed by atoms with Crippen LogP contribution in [0.25, 0.3) is 0 Å². The molecule has 8 nitrogen and oxygen atoms in total. The number of carbonyl (C=O) groups is 2. The van der Waals surface area contributed by atoms with Crippen LogP contribution in [0.4, 0.5) is 0 Å². The number of ether oxygens (including phenoxy) is 2. The van der Waals surface area contributed by atoms with Crippen LogP contribution in [-0.4, -0.2) is 38.8 Å². The standard InChI is InChI=1S/C18H24N2O6S/c1-11(2)16(26-15-9-7-6-8-14(15)10-19)17(21)20-27(23,24)13(4)12(3)18(22)25-5/h6-9,11-13,16H,1-5H3,(H,20,21)/t12-,13+,16-/m1/s1. The number of hydrogen-bond donors (Lipinski definition) is 1. The molecule has 3 atom stereocenters. The van der Waals surface area contributed by atoms with Crippen LogP contribution in [-0.2, 0) is 24.3 Å². The van der Waals surface area contributed by atoms with Gasteiger partial charge in [-0.05, 0) is 25.0 Å². The minimum atomic E-state index is -4.15. The number of nitriles is 1. The van der Waals surface area contributed by atoms with Gasteiger partial charge in [-0.1, -0.05) is 32.9 Å². The van der Waals surface area contributed by atoms with Crippen molar-refractivity contribution >= 4 is 21.9 Å². The molecule has 0 fully saturated rings. The zero-order valence-electron chi connectivity index (χ0n) is 15.9. The number of benzene rings is 1. The molecule has 1 aromatic rings. The number of rotatable bonds is 8. The van der Waals surface area contributed by atoms with E-state index in [9.17, 15) is 18.0 Å². The summed E-state index contributed by atoms with van der Waals surface area (Å²) in [5.41, 5.74) is 0.228. The van der Waals surface area contributed by atoms with Crippen molar-refractivity contribution in [2.24, 2.45) is 11.8 Å². The number of hydrogen-bond acceptors (Lipinski definition) is 7. The Kier molecular flexibility index (Phi) is 7.79. The van der Waals surface area contributed by atoms with E-state index in [4.69, 9.17) is 10.00 Å². The van der Waals surface area contributed by atoms with Gasteiger partial charge in [0.15, 0.2) is 6.10 Å². The van der Waals surface area contributed by atoms with Gasteiger partial charge in [0.25, 0.3) is 5.91 Å². The number of sulfonamides is 1. The Labute approximate surface area is 159 Å². The first-order valence-corrected chi connectivity index (χ1v) is 9.88. The lowest BCUT2D eigenvalue weighted by Gasteiger charge is -2.24. The lowest BCUT2D eigenvalue weighted by molar-refractivity contribution is -0.144. The predicted molar refractivity (Wildman–Crippen MR) is 98.1 cm³/mol. The second-order valence-corrected chi connectivity index (χ2v) is 8.46. The molecule has 1 N–H and O–H groups in total. The highest BCUT2D eigenvalue weighted by molar-refractivity contribution is 7.90. The third-order valence-electron chi connectivity index (χ3n) is 4.13. The smallest absolute Gasteiger partial charge is 0.309 e. The molecule has 0 heterocycles. The molecule has 0 saturated heterocycles. The van der Waals surface area contributed by atoms with Gasteiger partial charge in [0.1, 0.15) is 11.8 Å². The van der Waals surface area contributed by atoms with Gasteiger partial charge in [0.2, 0.25) is 10.0 Å². The van der Waals surface area contributed by atoms with Crippen LogP contribution in [0.15, 0.2) is 24.3 Å². The number of amides is 1. The molecule has 148 valence electrons. The maximum absolute atomic E-state index is 12.6. The summed E-state index contributed by atoms with van der Waals surface area (Å²) in [6, 6.07) is 8.30. The molecule has 0 radical (unpaired) electrons. The SMILES string of the molecule is COC(=O)[C@H](C)[C@H](C)S(=O)(=O)NC(=O)[C@H](Oc1ccccc1C#N)C(C)C. The molecular formula is C18H24N2O6S. The summed E-state index contributed by atoms with van der Waals surface area (Å²) >= 11 is 0. The third kappa shape index (κ3) is 5.69.